The zero-order chi connectivity index (χ0) is 12.3. The largest absolute Gasteiger partial charge is 0.480 e. The third kappa shape index (κ3) is 2.60. The molecular weight excluding hydrogens is 216 g/mol. The van der Waals surface area contributed by atoms with Crippen LogP contribution in [0.3, 0.4) is 0 Å². The monoisotopic (exact) mass is 230 g/mol. The van der Waals surface area contributed by atoms with E-state index < -0.39 is 12.0 Å². The minimum atomic E-state index is -0.859. The lowest BCUT2D eigenvalue weighted by atomic mass is 10.1. The predicted octanol–water partition coefficient (Wildman–Crippen LogP) is 1.45. The topological polar surface area (TPSA) is 62.2 Å². The molecule has 0 aliphatic heterocycles. The zero-order valence-corrected chi connectivity index (χ0v) is 9.55. The van der Waals surface area contributed by atoms with E-state index in [1.165, 1.54) is 0 Å². The summed E-state index contributed by atoms with van der Waals surface area (Å²) in [5.41, 5.74) is 1.68. The number of fused-ring (bicyclic) bond motifs is 1. The molecule has 1 unspecified atom stereocenters. The molecule has 0 aliphatic carbocycles. The summed E-state index contributed by atoms with van der Waals surface area (Å²) in [7, 11) is 1.64. The van der Waals surface area contributed by atoms with Gasteiger partial charge in [0.15, 0.2) is 0 Å². The van der Waals surface area contributed by atoms with Crippen molar-refractivity contribution < 1.29 is 9.90 Å². The van der Waals surface area contributed by atoms with E-state index in [2.05, 4.69) is 10.3 Å². The Morgan fingerprint density at radius 2 is 2.12 bits per heavy atom. The Morgan fingerprint density at radius 1 is 1.35 bits per heavy atom. The van der Waals surface area contributed by atoms with Crippen molar-refractivity contribution in [3.63, 3.8) is 0 Å². The molecule has 0 bridgehead atoms. The van der Waals surface area contributed by atoms with Crippen LogP contribution in [0, 0.1) is 0 Å². The average Bonchev–Trinajstić information content (AvgIpc) is 2.35. The second-order valence-corrected chi connectivity index (χ2v) is 3.88. The Balaban J connectivity index is 2.27. The average molecular weight is 230 g/mol. The molecule has 1 aromatic carbocycles. The van der Waals surface area contributed by atoms with Crippen molar-refractivity contribution in [2.75, 3.05) is 7.05 Å². The second kappa shape index (κ2) is 4.93. The summed E-state index contributed by atoms with van der Waals surface area (Å²) in [6.45, 7) is 0. The summed E-state index contributed by atoms with van der Waals surface area (Å²) in [5.74, 6) is -0.859. The number of nitrogens with zero attached hydrogens (tertiary/aromatic N) is 1. The van der Waals surface area contributed by atoms with E-state index in [-0.39, 0.29) is 0 Å². The maximum Gasteiger partial charge on any atom is 0.321 e. The van der Waals surface area contributed by atoms with E-state index in [0.29, 0.717) is 6.42 Å². The van der Waals surface area contributed by atoms with Crippen molar-refractivity contribution in [1.82, 2.24) is 10.3 Å². The first-order chi connectivity index (χ1) is 8.20. The molecular formula is C13H14N2O2. The van der Waals surface area contributed by atoms with Crippen molar-refractivity contribution in [3.05, 3.63) is 42.1 Å². The molecule has 0 saturated carbocycles. The number of nitrogens with one attached hydrogen (secondary N) is 1. The van der Waals surface area contributed by atoms with Crippen LogP contribution in [0.25, 0.3) is 10.9 Å². The normalized spacial score (nSPS) is 12.5. The number of aliphatic carboxylic acids is 1. The quantitative estimate of drug-likeness (QED) is 0.834. The number of pyridine rings is 1. The van der Waals surface area contributed by atoms with E-state index in [0.717, 1.165) is 16.6 Å². The van der Waals surface area contributed by atoms with Gasteiger partial charge in [0.1, 0.15) is 6.04 Å². The summed E-state index contributed by atoms with van der Waals surface area (Å²) in [5, 5.41) is 12.8. The van der Waals surface area contributed by atoms with Gasteiger partial charge in [-0.3, -0.25) is 9.78 Å². The lowest BCUT2D eigenvalue weighted by molar-refractivity contribution is -0.139. The summed E-state index contributed by atoms with van der Waals surface area (Å²) >= 11 is 0. The summed E-state index contributed by atoms with van der Waals surface area (Å²) in [4.78, 5) is 15.4. The molecule has 17 heavy (non-hydrogen) atoms. The molecule has 0 radical (unpaired) electrons. The number of para-hydroxylation sites is 1. The molecule has 4 nitrogen and oxygen atoms in total. The van der Waals surface area contributed by atoms with Crippen molar-refractivity contribution in [1.29, 1.82) is 0 Å². The predicted molar refractivity (Wildman–Crippen MR) is 65.9 cm³/mol. The molecule has 1 heterocycles. The Bertz CT molecular complexity index is 540. The van der Waals surface area contributed by atoms with E-state index in [9.17, 15) is 4.79 Å². The molecule has 2 N–H and O–H groups in total. The Labute approximate surface area is 99.3 Å². The van der Waals surface area contributed by atoms with Gasteiger partial charge in [-0.05, 0) is 19.2 Å². The standard InChI is InChI=1S/C13H14N2O2/c1-14-12(13(16)17)8-10-7-6-9-4-2-3-5-11(9)15-10/h2-7,12,14H,8H2,1H3,(H,16,17). The van der Waals surface area contributed by atoms with Crippen LogP contribution in [0.5, 0.6) is 0 Å². The fourth-order valence-corrected chi connectivity index (χ4v) is 1.74. The first-order valence-corrected chi connectivity index (χ1v) is 5.45. The zero-order valence-electron chi connectivity index (χ0n) is 9.55. The SMILES string of the molecule is CNC(Cc1ccc2ccccc2n1)C(=O)O. The highest BCUT2D eigenvalue weighted by Gasteiger charge is 2.15. The molecule has 2 aromatic rings. The highest BCUT2D eigenvalue weighted by molar-refractivity contribution is 5.78. The van der Waals surface area contributed by atoms with Crippen LogP contribution in [0.1, 0.15) is 5.69 Å². The van der Waals surface area contributed by atoms with Gasteiger partial charge in [0, 0.05) is 17.5 Å². The van der Waals surface area contributed by atoms with Crippen LogP contribution in [-0.2, 0) is 11.2 Å². The fourth-order valence-electron chi connectivity index (χ4n) is 1.74. The lowest BCUT2D eigenvalue weighted by Gasteiger charge is -2.10. The molecule has 0 aliphatic rings. The first-order valence-electron chi connectivity index (χ1n) is 5.45. The summed E-state index contributed by atoms with van der Waals surface area (Å²) in [6.07, 6.45) is 0.386. The Morgan fingerprint density at radius 3 is 2.82 bits per heavy atom. The maximum atomic E-state index is 10.9. The van der Waals surface area contributed by atoms with Crippen LogP contribution >= 0.6 is 0 Å². The number of carbonyl (C=O) groups is 1. The first kappa shape index (κ1) is 11.5. The molecule has 1 atom stereocenters. The van der Waals surface area contributed by atoms with Gasteiger partial charge < -0.3 is 10.4 Å². The molecule has 0 saturated heterocycles. The van der Waals surface area contributed by atoms with Gasteiger partial charge in [-0.2, -0.15) is 0 Å². The number of carboxylic acid groups (broad SMARTS) is 1. The van der Waals surface area contributed by atoms with Crippen LogP contribution in [0.2, 0.25) is 0 Å². The van der Waals surface area contributed by atoms with Crippen LogP contribution in [-0.4, -0.2) is 29.1 Å². The van der Waals surface area contributed by atoms with Crippen molar-refractivity contribution >= 4 is 16.9 Å². The Hall–Kier alpha value is -1.94. The minimum Gasteiger partial charge on any atom is -0.480 e. The summed E-state index contributed by atoms with van der Waals surface area (Å²) < 4.78 is 0. The summed E-state index contributed by atoms with van der Waals surface area (Å²) in [6, 6.07) is 11.0. The van der Waals surface area contributed by atoms with E-state index in [1.54, 1.807) is 7.05 Å². The number of hydrogen-bond donors (Lipinski definition) is 2. The number of benzene rings is 1. The third-order valence-corrected chi connectivity index (χ3v) is 2.72. The number of hydrogen-bond acceptors (Lipinski definition) is 3. The number of carboxylic acids is 1. The molecule has 88 valence electrons. The van der Waals surface area contributed by atoms with Crippen molar-refractivity contribution in [2.24, 2.45) is 0 Å². The Kier molecular flexibility index (Phi) is 3.35. The highest BCUT2D eigenvalue weighted by Crippen LogP contribution is 2.12. The number of likely N-dealkylation sites (N-methyl/N-ethyl adjacent to an activating group) is 1. The molecule has 0 fully saturated rings. The van der Waals surface area contributed by atoms with E-state index >= 15 is 0 Å². The number of aromatic nitrogens is 1. The van der Waals surface area contributed by atoms with Crippen LogP contribution in [0.15, 0.2) is 36.4 Å². The number of rotatable bonds is 4. The second-order valence-electron chi connectivity index (χ2n) is 3.88. The molecule has 4 heteroatoms. The van der Waals surface area contributed by atoms with Gasteiger partial charge >= 0.3 is 5.97 Å². The van der Waals surface area contributed by atoms with Crippen molar-refractivity contribution in [2.45, 2.75) is 12.5 Å². The smallest absolute Gasteiger partial charge is 0.321 e. The van der Waals surface area contributed by atoms with Gasteiger partial charge in [-0.1, -0.05) is 24.3 Å². The van der Waals surface area contributed by atoms with Gasteiger partial charge in [0.05, 0.1) is 5.52 Å². The van der Waals surface area contributed by atoms with Crippen molar-refractivity contribution in [3.8, 4) is 0 Å². The lowest BCUT2D eigenvalue weighted by Crippen LogP contribution is -2.36. The maximum absolute atomic E-state index is 10.9. The fraction of sp³-hybridized carbons (Fsp3) is 0.231. The van der Waals surface area contributed by atoms with Crippen LogP contribution < -0.4 is 5.32 Å². The van der Waals surface area contributed by atoms with Crippen LogP contribution in [0.4, 0.5) is 0 Å². The van der Waals surface area contributed by atoms with E-state index in [4.69, 9.17) is 5.11 Å². The molecule has 0 spiro atoms. The van der Waals surface area contributed by atoms with Gasteiger partial charge in [-0.25, -0.2) is 0 Å². The van der Waals surface area contributed by atoms with Gasteiger partial charge in [-0.15, -0.1) is 0 Å². The molecule has 0 amide bonds. The highest BCUT2D eigenvalue weighted by atomic mass is 16.4. The minimum absolute atomic E-state index is 0.386. The third-order valence-electron chi connectivity index (χ3n) is 2.72. The molecule has 2 rings (SSSR count). The van der Waals surface area contributed by atoms with Gasteiger partial charge in [0.25, 0.3) is 0 Å². The molecule has 1 aromatic heterocycles. The van der Waals surface area contributed by atoms with Gasteiger partial charge in [0.2, 0.25) is 0 Å². The van der Waals surface area contributed by atoms with E-state index in [1.807, 2.05) is 36.4 Å².